The van der Waals surface area contributed by atoms with E-state index in [-0.39, 0.29) is 0 Å². The fourth-order valence-electron chi connectivity index (χ4n) is 3.91. The number of para-hydroxylation sites is 1. The third kappa shape index (κ3) is 3.45. The Morgan fingerprint density at radius 3 is 2.56 bits per heavy atom. The molecular weight excluding hydrogens is 362 g/mol. The summed E-state index contributed by atoms with van der Waals surface area (Å²) in [6, 6.07) is 13.4. The average Bonchev–Trinajstić information content (AvgIpc) is 3.26. The summed E-state index contributed by atoms with van der Waals surface area (Å²) in [4.78, 5) is 30.7. The van der Waals surface area contributed by atoms with E-state index in [4.69, 9.17) is 11.6 Å². The van der Waals surface area contributed by atoms with Crippen LogP contribution in [0.3, 0.4) is 0 Å². The van der Waals surface area contributed by atoms with Gasteiger partial charge in [-0.15, -0.1) is 0 Å². The smallest absolute Gasteiger partial charge is 0.300 e. The van der Waals surface area contributed by atoms with Crippen LogP contribution in [-0.4, -0.2) is 43.4 Å². The van der Waals surface area contributed by atoms with Gasteiger partial charge >= 0.3 is 5.91 Å². The number of amides is 1. The molecule has 2 heterocycles. The molecule has 4 rings (SSSR count). The molecule has 1 fully saturated rings. The predicted octanol–water partition coefficient (Wildman–Crippen LogP) is 3.56. The standard InChI is InChI=1S/C21H22ClN3O2/c1-23(13-15-6-2-3-7-18(15)24-10-4-5-11-24)14-25-19-9-8-16(22)12-17(19)20(26)21(25)27/h2-3,6-9,12H,4-5,10-11,13-14H2,1H3. The number of carbonyl (C=O) groups is 2. The van der Waals surface area contributed by atoms with Gasteiger partial charge in [-0.1, -0.05) is 29.8 Å². The normalized spacial score (nSPS) is 16.6. The first kappa shape index (κ1) is 18.0. The van der Waals surface area contributed by atoms with Crippen LogP contribution in [0.1, 0.15) is 28.8 Å². The van der Waals surface area contributed by atoms with Gasteiger partial charge in [-0.2, -0.15) is 0 Å². The number of hydrogen-bond donors (Lipinski definition) is 0. The summed E-state index contributed by atoms with van der Waals surface area (Å²) in [6.45, 7) is 3.24. The molecule has 0 saturated carbocycles. The molecule has 2 aromatic rings. The van der Waals surface area contributed by atoms with Crippen LogP contribution in [0, 0.1) is 0 Å². The van der Waals surface area contributed by atoms with Crippen LogP contribution in [0.2, 0.25) is 5.02 Å². The van der Waals surface area contributed by atoms with Crippen LogP contribution in [0.4, 0.5) is 11.4 Å². The lowest BCUT2D eigenvalue weighted by atomic mass is 10.1. The van der Waals surface area contributed by atoms with Gasteiger partial charge in [-0.25, -0.2) is 0 Å². The Hall–Kier alpha value is -2.37. The maximum absolute atomic E-state index is 12.4. The van der Waals surface area contributed by atoms with E-state index < -0.39 is 11.7 Å². The van der Waals surface area contributed by atoms with Crippen LogP contribution in [0.25, 0.3) is 0 Å². The fourth-order valence-corrected chi connectivity index (χ4v) is 4.08. The molecule has 6 heteroatoms. The molecule has 0 bridgehead atoms. The van der Waals surface area contributed by atoms with Gasteiger partial charge in [0.25, 0.3) is 5.78 Å². The zero-order valence-corrected chi connectivity index (χ0v) is 16.1. The maximum atomic E-state index is 12.4. The van der Waals surface area contributed by atoms with Gasteiger partial charge in [0.2, 0.25) is 0 Å². The first-order valence-corrected chi connectivity index (χ1v) is 9.59. The summed E-state index contributed by atoms with van der Waals surface area (Å²) >= 11 is 5.98. The van der Waals surface area contributed by atoms with Gasteiger partial charge in [-0.05, 0) is 49.7 Å². The number of rotatable bonds is 5. The average molecular weight is 384 g/mol. The lowest BCUT2D eigenvalue weighted by molar-refractivity contribution is -0.114. The molecule has 0 unspecified atom stereocenters. The van der Waals surface area contributed by atoms with E-state index in [1.54, 1.807) is 18.2 Å². The van der Waals surface area contributed by atoms with Crippen molar-refractivity contribution in [3.63, 3.8) is 0 Å². The SMILES string of the molecule is CN(Cc1ccccc1N1CCCC1)CN1C(=O)C(=O)c2cc(Cl)ccc21. The highest BCUT2D eigenvalue weighted by Crippen LogP contribution is 2.32. The van der Waals surface area contributed by atoms with E-state index in [1.165, 1.54) is 29.0 Å². The van der Waals surface area contributed by atoms with E-state index in [9.17, 15) is 9.59 Å². The molecule has 2 aromatic carbocycles. The molecule has 1 amide bonds. The Kier molecular flexibility index (Phi) is 4.89. The van der Waals surface area contributed by atoms with Gasteiger partial charge in [0.1, 0.15) is 0 Å². The highest BCUT2D eigenvalue weighted by Gasteiger charge is 2.36. The van der Waals surface area contributed by atoms with Crippen LogP contribution >= 0.6 is 11.6 Å². The zero-order chi connectivity index (χ0) is 19.0. The van der Waals surface area contributed by atoms with Crippen molar-refractivity contribution >= 4 is 34.7 Å². The predicted molar refractivity (Wildman–Crippen MR) is 107 cm³/mol. The third-order valence-corrected chi connectivity index (χ3v) is 5.43. The molecule has 0 aliphatic carbocycles. The number of benzene rings is 2. The number of fused-ring (bicyclic) bond motifs is 1. The number of anilines is 2. The van der Waals surface area contributed by atoms with Crippen molar-refractivity contribution in [3.05, 3.63) is 58.6 Å². The molecule has 27 heavy (non-hydrogen) atoms. The van der Waals surface area contributed by atoms with Crippen LogP contribution < -0.4 is 9.80 Å². The molecule has 0 radical (unpaired) electrons. The Balaban J connectivity index is 1.52. The van der Waals surface area contributed by atoms with Crippen molar-refractivity contribution in [1.29, 1.82) is 0 Å². The summed E-state index contributed by atoms with van der Waals surface area (Å²) in [5.74, 6) is -0.981. The molecule has 0 aromatic heterocycles. The van der Waals surface area contributed by atoms with Crippen molar-refractivity contribution in [3.8, 4) is 0 Å². The Bertz CT molecular complexity index is 893. The fraction of sp³-hybridized carbons (Fsp3) is 0.333. The van der Waals surface area contributed by atoms with Gasteiger partial charge in [-0.3, -0.25) is 19.4 Å². The first-order valence-electron chi connectivity index (χ1n) is 9.22. The largest absolute Gasteiger partial charge is 0.371 e. The monoisotopic (exact) mass is 383 g/mol. The third-order valence-electron chi connectivity index (χ3n) is 5.19. The second-order valence-corrected chi connectivity index (χ2v) is 7.64. The summed E-state index contributed by atoms with van der Waals surface area (Å²) in [5.41, 5.74) is 3.52. The Morgan fingerprint density at radius 1 is 1.04 bits per heavy atom. The molecule has 5 nitrogen and oxygen atoms in total. The lowest BCUT2D eigenvalue weighted by Gasteiger charge is -2.27. The van der Waals surface area contributed by atoms with Gasteiger partial charge in [0, 0.05) is 30.3 Å². The second kappa shape index (κ2) is 7.33. The number of ketones is 1. The maximum Gasteiger partial charge on any atom is 0.300 e. The quantitative estimate of drug-likeness (QED) is 0.740. The second-order valence-electron chi connectivity index (χ2n) is 7.20. The van der Waals surface area contributed by atoms with Gasteiger partial charge < -0.3 is 4.90 Å². The molecule has 140 valence electrons. The van der Waals surface area contributed by atoms with E-state index in [2.05, 4.69) is 28.0 Å². The van der Waals surface area contributed by atoms with Crippen molar-refractivity contribution in [2.75, 3.05) is 36.6 Å². The van der Waals surface area contributed by atoms with Crippen LogP contribution in [-0.2, 0) is 11.3 Å². The van der Waals surface area contributed by atoms with Crippen molar-refractivity contribution in [2.24, 2.45) is 0 Å². The van der Waals surface area contributed by atoms with Crippen molar-refractivity contribution in [1.82, 2.24) is 4.90 Å². The zero-order valence-electron chi connectivity index (χ0n) is 15.3. The number of halogens is 1. The minimum atomic E-state index is -0.494. The molecule has 2 aliphatic heterocycles. The number of nitrogens with zero attached hydrogens (tertiary/aromatic N) is 3. The van der Waals surface area contributed by atoms with E-state index in [1.807, 2.05) is 13.1 Å². The minimum Gasteiger partial charge on any atom is -0.371 e. The molecule has 0 spiro atoms. The molecular formula is C21H22ClN3O2. The summed E-state index contributed by atoms with van der Waals surface area (Å²) in [5, 5.41) is 0.463. The summed E-state index contributed by atoms with van der Waals surface area (Å²) in [6.07, 6.45) is 2.46. The molecule has 0 N–H and O–H groups in total. The number of carbonyl (C=O) groups excluding carboxylic acids is 2. The molecule has 1 saturated heterocycles. The first-order chi connectivity index (χ1) is 13.0. The number of Topliss-reactive ketones (excluding diaryl/α,β-unsaturated/α-hetero) is 1. The minimum absolute atomic E-state index is 0.355. The Labute approximate surface area is 164 Å². The van der Waals surface area contributed by atoms with E-state index in [0.29, 0.717) is 29.5 Å². The highest BCUT2D eigenvalue weighted by molar-refractivity contribution is 6.52. The van der Waals surface area contributed by atoms with Gasteiger partial charge in [0.05, 0.1) is 17.9 Å². The molecule has 2 aliphatic rings. The topological polar surface area (TPSA) is 43.9 Å². The lowest BCUT2D eigenvalue weighted by Crippen LogP contribution is -2.39. The van der Waals surface area contributed by atoms with Gasteiger partial charge in [0.15, 0.2) is 0 Å². The molecule has 0 atom stereocenters. The number of hydrogen-bond acceptors (Lipinski definition) is 4. The van der Waals surface area contributed by atoms with Crippen molar-refractivity contribution in [2.45, 2.75) is 19.4 Å². The van der Waals surface area contributed by atoms with E-state index in [0.717, 1.165) is 13.1 Å². The van der Waals surface area contributed by atoms with E-state index >= 15 is 0 Å². The van der Waals surface area contributed by atoms with Crippen LogP contribution in [0.15, 0.2) is 42.5 Å². The Morgan fingerprint density at radius 2 is 1.78 bits per heavy atom. The summed E-state index contributed by atoms with van der Waals surface area (Å²) in [7, 11) is 1.96. The highest BCUT2D eigenvalue weighted by atomic mass is 35.5. The van der Waals surface area contributed by atoms with Crippen molar-refractivity contribution < 1.29 is 9.59 Å². The van der Waals surface area contributed by atoms with Crippen LogP contribution in [0.5, 0.6) is 0 Å². The summed E-state index contributed by atoms with van der Waals surface area (Å²) < 4.78 is 0.